The standard InChI is InChI=1S/C15H20FNO4/c1-2-20-15(19)14(17-9-11-4-3-7-21-11)12-8-10(16)5-6-13(12)18/h5-6,8,11,14,17-18H,2-4,7,9H2,1H3. The van der Waals surface area contributed by atoms with Gasteiger partial charge in [-0.1, -0.05) is 0 Å². The Morgan fingerprint density at radius 3 is 3.10 bits per heavy atom. The maximum atomic E-state index is 13.4. The number of rotatable bonds is 6. The van der Waals surface area contributed by atoms with Gasteiger partial charge in [-0.2, -0.15) is 0 Å². The summed E-state index contributed by atoms with van der Waals surface area (Å²) >= 11 is 0. The van der Waals surface area contributed by atoms with Crippen molar-refractivity contribution >= 4 is 5.97 Å². The molecule has 0 spiro atoms. The number of halogens is 1. The molecule has 2 atom stereocenters. The van der Waals surface area contributed by atoms with Crippen LogP contribution in [-0.4, -0.2) is 36.9 Å². The lowest BCUT2D eigenvalue weighted by Gasteiger charge is -2.20. The first kappa shape index (κ1) is 15.7. The molecule has 1 saturated heterocycles. The smallest absolute Gasteiger partial charge is 0.327 e. The third-order valence-electron chi connectivity index (χ3n) is 3.40. The summed E-state index contributed by atoms with van der Waals surface area (Å²) in [5.74, 6) is -1.21. The molecule has 2 rings (SSSR count). The maximum Gasteiger partial charge on any atom is 0.327 e. The molecule has 2 N–H and O–H groups in total. The van der Waals surface area contributed by atoms with Crippen molar-refractivity contribution in [3.05, 3.63) is 29.6 Å². The Labute approximate surface area is 123 Å². The second-order valence-corrected chi connectivity index (χ2v) is 4.93. The summed E-state index contributed by atoms with van der Waals surface area (Å²) in [4.78, 5) is 12.1. The highest BCUT2D eigenvalue weighted by molar-refractivity contribution is 5.78. The molecule has 116 valence electrons. The molecule has 21 heavy (non-hydrogen) atoms. The summed E-state index contributed by atoms with van der Waals surface area (Å²) in [6.07, 6.45) is 1.93. The third-order valence-corrected chi connectivity index (χ3v) is 3.40. The first-order valence-corrected chi connectivity index (χ1v) is 7.12. The fourth-order valence-corrected chi connectivity index (χ4v) is 2.36. The normalized spacial score (nSPS) is 19.4. The molecule has 1 heterocycles. The first-order valence-electron chi connectivity index (χ1n) is 7.12. The van der Waals surface area contributed by atoms with Gasteiger partial charge in [-0.25, -0.2) is 9.18 Å². The Morgan fingerprint density at radius 2 is 2.43 bits per heavy atom. The molecule has 0 aliphatic carbocycles. The van der Waals surface area contributed by atoms with E-state index in [-0.39, 0.29) is 24.0 Å². The van der Waals surface area contributed by atoms with Crippen LogP contribution in [0.5, 0.6) is 5.75 Å². The number of carbonyl (C=O) groups is 1. The van der Waals surface area contributed by atoms with Gasteiger partial charge < -0.3 is 14.6 Å². The lowest BCUT2D eigenvalue weighted by molar-refractivity contribution is -0.146. The number of phenolic OH excluding ortho intramolecular Hbond substituents is 1. The lowest BCUT2D eigenvalue weighted by atomic mass is 10.0. The fraction of sp³-hybridized carbons (Fsp3) is 0.533. The highest BCUT2D eigenvalue weighted by Crippen LogP contribution is 2.26. The summed E-state index contributed by atoms with van der Waals surface area (Å²) in [7, 11) is 0. The van der Waals surface area contributed by atoms with Crippen molar-refractivity contribution in [3.8, 4) is 5.75 Å². The van der Waals surface area contributed by atoms with Crippen molar-refractivity contribution in [2.75, 3.05) is 19.8 Å². The second kappa shape index (κ2) is 7.38. The van der Waals surface area contributed by atoms with E-state index in [9.17, 15) is 14.3 Å². The molecule has 0 amide bonds. The van der Waals surface area contributed by atoms with Crippen LogP contribution in [0.3, 0.4) is 0 Å². The van der Waals surface area contributed by atoms with E-state index in [2.05, 4.69) is 5.32 Å². The predicted octanol–water partition coefficient (Wildman–Crippen LogP) is 1.90. The number of nitrogens with one attached hydrogen (secondary N) is 1. The van der Waals surface area contributed by atoms with Gasteiger partial charge in [0.15, 0.2) is 0 Å². The van der Waals surface area contributed by atoms with Crippen LogP contribution in [0.15, 0.2) is 18.2 Å². The van der Waals surface area contributed by atoms with Crippen LogP contribution in [-0.2, 0) is 14.3 Å². The van der Waals surface area contributed by atoms with E-state index in [0.29, 0.717) is 13.2 Å². The zero-order valence-corrected chi connectivity index (χ0v) is 12.0. The number of aromatic hydroxyl groups is 1. The van der Waals surface area contributed by atoms with Gasteiger partial charge in [0.1, 0.15) is 17.6 Å². The van der Waals surface area contributed by atoms with Crippen molar-refractivity contribution in [3.63, 3.8) is 0 Å². The van der Waals surface area contributed by atoms with Crippen LogP contribution < -0.4 is 5.32 Å². The molecule has 2 unspecified atom stereocenters. The predicted molar refractivity (Wildman–Crippen MR) is 74.4 cm³/mol. The second-order valence-electron chi connectivity index (χ2n) is 4.93. The molecule has 1 aromatic carbocycles. The molecule has 1 aliphatic heterocycles. The highest BCUT2D eigenvalue weighted by Gasteiger charge is 2.27. The minimum Gasteiger partial charge on any atom is -0.508 e. The van der Waals surface area contributed by atoms with E-state index in [0.717, 1.165) is 25.0 Å². The van der Waals surface area contributed by atoms with Crippen molar-refractivity contribution < 1.29 is 23.8 Å². The van der Waals surface area contributed by atoms with E-state index >= 15 is 0 Å². The quantitative estimate of drug-likeness (QED) is 0.785. The Bertz CT molecular complexity index is 489. The average molecular weight is 297 g/mol. The number of hydrogen-bond donors (Lipinski definition) is 2. The SMILES string of the molecule is CCOC(=O)C(NCC1CCCO1)c1cc(F)ccc1O. The topological polar surface area (TPSA) is 67.8 Å². The van der Waals surface area contributed by atoms with Crippen LogP contribution in [0.4, 0.5) is 4.39 Å². The van der Waals surface area contributed by atoms with Crippen LogP contribution in [0.1, 0.15) is 31.4 Å². The Hall–Kier alpha value is -1.66. The van der Waals surface area contributed by atoms with Gasteiger partial charge in [0.2, 0.25) is 0 Å². The van der Waals surface area contributed by atoms with Crippen molar-refractivity contribution in [1.29, 1.82) is 0 Å². The Balaban J connectivity index is 2.14. The molecular formula is C15H20FNO4. The van der Waals surface area contributed by atoms with E-state index in [4.69, 9.17) is 9.47 Å². The van der Waals surface area contributed by atoms with Crippen molar-refractivity contribution in [2.24, 2.45) is 0 Å². The van der Waals surface area contributed by atoms with Crippen LogP contribution in [0.2, 0.25) is 0 Å². The molecule has 5 nitrogen and oxygen atoms in total. The Kier molecular flexibility index (Phi) is 5.52. The zero-order chi connectivity index (χ0) is 15.2. The largest absolute Gasteiger partial charge is 0.508 e. The zero-order valence-electron chi connectivity index (χ0n) is 12.0. The molecule has 0 radical (unpaired) electrons. The number of esters is 1. The number of phenols is 1. The van der Waals surface area contributed by atoms with Crippen molar-refractivity contribution in [2.45, 2.75) is 31.9 Å². The molecule has 0 bridgehead atoms. The van der Waals surface area contributed by atoms with Gasteiger partial charge in [0, 0.05) is 18.7 Å². The molecule has 1 aromatic rings. The van der Waals surface area contributed by atoms with Gasteiger partial charge in [0.25, 0.3) is 0 Å². The summed E-state index contributed by atoms with van der Waals surface area (Å²) in [6.45, 7) is 3.06. The fourth-order valence-electron chi connectivity index (χ4n) is 2.36. The minimum atomic E-state index is -0.912. The van der Waals surface area contributed by atoms with Crippen LogP contribution in [0.25, 0.3) is 0 Å². The van der Waals surface area contributed by atoms with E-state index in [1.54, 1.807) is 6.92 Å². The van der Waals surface area contributed by atoms with Gasteiger partial charge in [0.05, 0.1) is 12.7 Å². The van der Waals surface area contributed by atoms with Crippen molar-refractivity contribution in [1.82, 2.24) is 5.32 Å². The highest BCUT2D eigenvalue weighted by atomic mass is 19.1. The molecular weight excluding hydrogens is 277 g/mol. The van der Waals surface area contributed by atoms with Gasteiger partial charge in [-0.05, 0) is 38.0 Å². The van der Waals surface area contributed by atoms with Crippen LogP contribution >= 0.6 is 0 Å². The molecule has 1 aliphatic rings. The number of carbonyl (C=O) groups excluding carboxylic acids is 1. The number of hydrogen-bond acceptors (Lipinski definition) is 5. The maximum absolute atomic E-state index is 13.4. The Morgan fingerprint density at radius 1 is 1.62 bits per heavy atom. The summed E-state index contributed by atoms with van der Waals surface area (Å²) < 4.78 is 23.9. The van der Waals surface area contributed by atoms with Crippen LogP contribution in [0, 0.1) is 5.82 Å². The summed E-state index contributed by atoms with van der Waals surface area (Å²) in [5.41, 5.74) is 0.173. The lowest BCUT2D eigenvalue weighted by Crippen LogP contribution is -2.35. The van der Waals surface area contributed by atoms with E-state index in [1.165, 1.54) is 6.07 Å². The van der Waals surface area contributed by atoms with Gasteiger partial charge in [-0.3, -0.25) is 5.32 Å². The van der Waals surface area contributed by atoms with E-state index in [1.807, 2.05) is 0 Å². The molecule has 0 aromatic heterocycles. The van der Waals surface area contributed by atoms with Gasteiger partial charge in [-0.15, -0.1) is 0 Å². The molecule has 1 fully saturated rings. The number of ether oxygens (including phenoxy) is 2. The van der Waals surface area contributed by atoms with E-state index < -0.39 is 17.8 Å². The molecule has 6 heteroatoms. The number of benzene rings is 1. The third kappa shape index (κ3) is 4.15. The minimum absolute atomic E-state index is 0.0256. The molecule has 0 saturated carbocycles. The summed E-state index contributed by atoms with van der Waals surface area (Å²) in [5, 5.41) is 12.9. The monoisotopic (exact) mass is 297 g/mol. The first-order chi connectivity index (χ1) is 10.1. The van der Waals surface area contributed by atoms with Gasteiger partial charge >= 0.3 is 5.97 Å². The average Bonchev–Trinajstić information content (AvgIpc) is 2.96. The summed E-state index contributed by atoms with van der Waals surface area (Å²) in [6, 6.07) is 2.59.